The monoisotopic (exact) mass is 247 g/mol. The highest BCUT2D eigenvalue weighted by molar-refractivity contribution is 5.46. The number of hydrogen-bond donors (Lipinski definition) is 1. The second kappa shape index (κ2) is 6.67. The van der Waals surface area contributed by atoms with Crippen molar-refractivity contribution in [2.45, 2.75) is 52.1 Å². The maximum atomic E-state index is 5.64. The van der Waals surface area contributed by atoms with Gasteiger partial charge in [-0.3, -0.25) is 0 Å². The van der Waals surface area contributed by atoms with Crippen LogP contribution in [0.2, 0.25) is 0 Å². The van der Waals surface area contributed by atoms with Gasteiger partial charge in [-0.15, -0.1) is 0 Å². The maximum Gasteiger partial charge on any atom is 0.119 e. The minimum Gasteiger partial charge on any atom is -0.491 e. The van der Waals surface area contributed by atoms with Gasteiger partial charge in [0.2, 0.25) is 0 Å². The van der Waals surface area contributed by atoms with Gasteiger partial charge in [-0.2, -0.15) is 0 Å². The summed E-state index contributed by atoms with van der Waals surface area (Å²) in [5.74, 6) is 1.82. The van der Waals surface area contributed by atoms with Crippen molar-refractivity contribution < 1.29 is 4.74 Å². The van der Waals surface area contributed by atoms with Gasteiger partial charge in [-0.05, 0) is 56.9 Å². The molecule has 2 heteroatoms. The Morgan fingerprint density at radius 1 is 1.11 bits per heavy atom. The molecule has 1 aliphatic carbocycles. The zero-order valence-electron chi connectivity index (χ0n) is 11.6. The molecule has 1 fully saturated rings. The van der Waals surface area contributed by atoms with Crippen LogP contribution in [-0.4, -0.2) is 12.6 Å². The van der Waals surface area contributed by atoms with Crippen molar-refractivity contribution in [2.75, 3.05) is 11.9 Å². The van der Waals surface area contributed by atoms with Crippen LogP contribution in [0.25, 0.3) is 0 Å². The molecule has 0 radical (unpaired) electrons. The Hall–Kier alpha value is -1.18. The third-order valence-corrected chi connectivity index (χ3v) is 3.55. The molecular weight excluding hydrogens is 222 g/mol. The normalized spacial score (nSPS) is 16.8. The minimum absolute atomic E-state index is 0.242. The minimum atomic E-state index is 0.242. The van der Waals surface area contributed by atoms with Crippen molar-refractivity contribution in [3.05, 3.63) is 24.3 Å². The van der Waals surface area contributed by atoms with Gasteiger partial charge in [-0.25, -0.2) is 0 Å². The molecule has 100 valence electrons. The van der Waals surface area contributed by atoms with Crippen LogP contribution >= 0.6 is 0 Å². The fraction of sp³-hybridized carbons (Fsp3) is 0.625. The van der Waals surface area contributed by atoms with Gasteiger partial charge in [0.1, 0.15) is 5.75 Å². The highest BCUT2D eigenvalue weighted by Gasteiger charge is 2.12. The molecule has 0 amide bonds. The smallest absolute Gasteiger partial charge is 0.119 e. The topological polar surface area (TPSA) is 21.3 Å². The summed E-state index contributed by atoms with van der Waals surface area (Å²) in [6.45, 7) is 5.22. The first-order chi connectivity index (χ1) is 8.74. The summed E-state index contributed by atoms with van der Waals surface area (Å²) in [5.41, 5.74) is 1.21. The molecule has 1 aliphatic rings. The summed E-state index contributed by atoms with van der Waals surface area (Å²) in [5, 5.41) is 3.54. The number of anilines is 1. The van der Waals surface area contributed by atoms with Gasteiger partial charge < -0.3 is 10.1 Å². The van der Waals surface area contributed by atoms with E-state index >= 15 is 0 Å². The molecule has 0 aromatic heterocycles. The quantitative estimate of drug-likeness (QED) is 0.829. The van der Waals surface area contributed by atoms with Crippen LogP contribution in [0.15, 0.2) is 24.3 Å². The third kappa shape index (κ3) is 4.25. The summed E-state index contributed by atoms with van der Waals surface area (Å²) in [6.07, 6.45) is 7.27. The zero-order valence-corrected chi connectivity index (χ0v) is 11.6. The van der Waals surface area contributed by atoms with E-state index in [1.54, 1.807) is 0 Å². The molecule has 0 unspecified atom stereocenters. The van der Waals surface area contributed by atoms with Crippen molar-refractivity contribution in [2.24, 2.45) is 5.92 Å². The van der Waals surface area contributed by atoms with E-state index in [4.69, 9.17) is 4.74 Å². The van der Waals surface area contributed by atoms with Crippen molar-refractivity contribution in [1.29, 1.82) is 0 Å². The fourth-order valence-electron chi connectivity index (χ4n) is 2.58. The maximum absolute atomic E-state index is 5.64. The van der Waals surface area contributed by atoms with E-state index in [-0.39, 0.29) is 6.10 Å². The van der Waals surface area contributed by atoms with Crippen molar-refractivity contribution in [3.63, 3.8) is 0 Å². The van der Waals surface area contributed by atoms with Crippen LogP contribution in [-0.2, 0) is 0 Å². The Labute approximate surface area is 111 Å². The lowest BCUT2D eigenvalue weighted by Gasteiger charge is -2.22. The molecule has 1 aromatic carbocycles. The molecule has 0 heterocycles. The Kier molecular flexibility index (Phi) is 4.91. The standard InChI is InChI=1S/C16H25NO/c1-13(2)18-16-10-8-15(9-11-16)17-12-14-6-4-3-5-7-14/h8-11,13-14,17H,3-7,12H2,1-2H3. The molecule has 0 saturated heterocycles. The Balaban J connectivity index is 1.78. The molecule has 1 aromatic rings. The van der Waals surface area contributed by atoms with Crippen molar-refractivity contribution >= 4 is 5.69 Å². The van der Waals surface area contributed by atoms with Gasteiger partial charge in [0.05, 0.1) is 6.10 Å². The fourth-order valence-corrected chi connectivity index (χ4v) is 2.58. The second-order valence-electron chi connectivity index (χ2n) is 5.58. The van der Waals surface area contributed by atoms with Gasteiger partial charge in [0.25, 0.3) is 0 Å². The Morgan fingerprint density at radius 3 is 2.39 bits per heavy atom. The molecule has 18 heavy (non-hydrogen) atoms. The number of ether oxygens (including phenoxy) is 1. The molecule has 0 spiro atoms. The molecule has 1 N–H and O–H groups in total. The number of nitrogens with one attached hydrogen (secondary N) is 1. The van der Waals surface area contributed by atoms with Crippen LogP contribution in [0, 0.1) is 5.92 Å². The molecule has 2 nitrogen and oxygen atoms in total. The van der Waals surface area contributed by atoms with Crippen LogP contribution in [0.1, 0.15) is 46.0 Å². The molecule has 0 atom stereocenters. The summed E-state index contributed by atoms with van der Waals surface area (Å²) >= 11 is 0. The Bertz CT molecular complexity index is 339. The van der Waals surface area contributed by atoms with Crippen LogP contribution in [0.5, 0.6) is 5.75 Å². The first-order valence-electron chi connectivity index (χ1n) is 7.24. The van der Waals surface area contributed by atoms with Gasteiger partial charge in [0, 0.05) is 12.2 Å². The molecule has 1 saturated carbocycles. The number of rotatable bonds is 5. The van der Waals surface area contributed by atoms with E-state index in [9.17, 15) is 0 Å². The SMILES string of the molecule is CC(C)Oc1ccc(NCC2CCCCC2)cc1. The average Bonchev–Trinajstić information content (AvgIpc) is 2.38. The zero-order chi connectivity index (χ0) is 12.8. The first kappa shape index (κ1) is 13.3. The highest BCUT2D eigenvalue weighted by atomic mass is 16.5. The summed E-state index contributed by atoms with van der Waals surface area (Å²) in [4.78, 5) is 0. The van der Waals surface area contributed by atoms with Gasteiger partial charge in [0.15, 0.2) is 0 Å². The highest BCUT2D eigenvalue weighted by Crippen LogP contribution is 2.24. The predicted molar refractivity (Wildman–Crippen MR) is 77.3 cm³/mol. The van der Waals surface area contributed by atoms with E-state index in [0.717, 1.165) is 18.2 Å². The average molecular weight is 247 g/mol. The molecule has 2 rings (SSSR count). The summed E-state index contributed by atoms with van der Waals surface area (Å²) in [6, 6.07) is 8.31. The molecule has 0 bridgehead atoms. The number of benzene rings is 1. The largest absolute Gasteiger partial charge is 0.491 e. The van der Waals surface area contributed by atoms with E-state index in [2.05, 4.69) is 31.3 Å². The summed E-state index contributed by atoms with van der Waals surface area (Å²) in [7, 11) is 0. The molecular formula is C16H25NO. The van der Waals surface area contributed by atoms with Crippen LogP contribution in [0.3, 0.4) is 0 Å². The van der Waals surface area contributed by atoms with Crippen molar-refractivity contribution in [3.8, 4) is 5.75 Å². The lowest BCUT2D eigenvalue weighted by Crippen LogP contribution is -2.17. The van der Waals surface area contributed by atoms with Crippen molar-refractivity contribution in [1.82, 2.24) is 0 Å². The lowest BCUT2D eigenvalue weighted by atomic mass is 9.89. The van der Waals surface area contributed by atoms with E-state index < -0.39 is 0 Å². The second-order valence-corrected chi connectivity index (χ2v) is 5.58. The molecule has 0 aliphatic heterocycles. The lowest BCUT2D eigenvalue weighted by molar-refractivity contribution is 0.242. The third-order valence-electron chi connectivity index (χ3n) is 3.55. The van der Waals surface area contributed by atoms with Gasteiger partial charge >= 0.3 is 0 Å². The van der Waals surface area contributed by atoms with E-state index in [0.29, 0.717) is 0 Å². The number of hydrogen-bond acceptors (Lipinski definition) is 2. The van der Waals surface area contributed by atoms with Gasteiger partial charge in [-0.1, -0.05) is 19.3 Å². The van der Waals surface area contributed by atoms with E-state index in [1.807, 2.05) is 12.1 Å². The van der Waals surface area contributed by atoms with E-state index in [1.165, 1.54) is 37.8 Å². The Morgan fingerprint density at radius 2 is 1.78 bits per heavy atom. The summed E-state index contributed by atoms with van der Waals surface area (Å²) < 4.78 is 5.64. The predicted octanol–water partition coefficient (Wildman–Crippen LogP) is 4.47. The van der Waals surface area contributed by atoms with Crippen LogP contribution in [0.4, 0.5) is 5.69 Å². The first-order valence-corrected chi connectivity index (χ1v) is 7.24. The van der Waals surface area contributed by atoms with Crippen LogP contribution < -0.4 is 10.1 Å².